The highest BCUT2D eigenvalue weighted by Gasteiger charge is 2.30. The van der Waals surface area contributed by atoms with E-state index in [0.29, 0.717) is 12.0 Å². The van der Waals surface area contributed by atoms with Crippen molar-refractivity contribution in [3.63, 3.8) is 0 Å². The Bertz CT molecular complexity index is 786. The predicted octanol–water partition coefficient (Wildman–Crippen LogP) is 2.48. The number of nitrogens with one attached hydrogen (secondary N) is 3. The second kappa shape index (κ2) is 6.37. The highest BCUT2D eigenvalue weighted by atomic mass is 19.1. The van der Waals surface area contributed by atoms with E-state index < -0.39 is 6.04 Å². The lowest BCUT2D eigenvalue weighted by Crippen LogP contribution is -2.33. The van der Waals surface area contributed by atoms with Gasteiger partial charge in [0.25, 0.3) is 0 Å². The smallest absolute Gasteiger partial charge is 0.247 e. The highest BCUT2D eigenvalue weighted by Crippen LogP contribution is 2.32. The number of nitrogens with zero attached hydrogens (tertiary/aromatic N) is 1. The van der Waals surface area contributed by atoms with Gasteiger partial charge in [-0.15, -0.1) is 0 Å². The Morgan fingerprint density at radius 1 is 1.32 bits per heavy atom. The van der Waals surface area contributed by atoms with Gasteiger partial charge >= 0.3 is 0 Å². The molecule has 2 aromatic carbocycles. The van der Waals surface area contributed by atoms with Crippen molar-refractivity contribution in [1.82, 2.24) is 5.32 Å². The maximum absolute atomic E-state index is 14.0. The Morgan fingerprint density at radius 3 is 2.96 bits per heavy atom. The molecule has 1 unspecified atom stereocenters. The Labute approximate surface area is 146 Å². The molecule has 25 heavy (non-hydrogen) atoms. The molecule has 2 aromatic rings. The summed E-state index contributed by atoms with van der Waals surface area (Å²) in [5.41, 5.74) is 4.13. The van der Waals surface area contributed by atoms with Crippen molar-refractivity contribution in [2.45, 2.75) is 19.4 Å². The number of carbonyl (C=O) groups is 1. The first-order valence-corrected chi connectivity index (χ1v) is 8.53. The zero-order valence-corrected chi connectivity index (χ0v) is 14.1. The zero-order valence-electron chi connectivity index (χ0n) is 14.1. The first kappa shape index (κ1) is 15.9. The molecular formula is C19H21FN4O. The summed E-state index contributed by atoms with van der Waals surface area (Å²) >= 11 is 0. The minimum absolute atomic E-state index is 0.147. The fraction of sp³-hybridized carbons (Fsp3) is 0.316. The van der Waals surface area contributed by atoms with Gasteiger partial charge in [0.15, 0.2) is 0 Å². The lowest BCUT2D eigenvalue weighted by molar-refractivity contribution is -0.116. The van der Waals surface area contributed by atoms with E-state index in [0.717, 1.165) is 42.4 Å². The SMILES string of the molecule is Cc1ccc(F)c2c1NC(C(=O)Nc1cccc(N3CCNC3)c1)C2. The average molecular weight is 340 g/mol. The Kier molecular flexibility index (Phi) is 4.05. The molecule has 0 aliphatic carbocycles. The average Bonchev–Trinajstić information content (AvgIpc) is 3.28. The van der Waals surface area contributed by atoms with E-state index in [2.05, 4.69) is 20.9 Å². The van der Waals surface area contributed by atoms with E-state index in [-0.39, 0.29) is 11.7 Å². The van der Waals surface area contributed by atoms with E-state index in [9.17, 15) is 9.18 Å². The van der Waals surface area contributed by atoms with E-state index in [1.165, 1.54) is 6.07 Å². The molecule has 2 aliphatic heterocycles. The number of rotatable bonds is 3. The summed E-state index contributed by atoms with van der Waals surface area (Å²) in [6.07, 6.45) is 0.365. The van der Waals surface area contributed by atoms with E-state index >= 15 is 0 Å². The van der Waals surface area contributed by atoms with Gasteiger partial charge in [0.05, 0.1) is 6.67 Å². The monoisotopic (exact) mass is 340 g/mol. The molecule has 5 nitrogen and oxygen atoms in total. The van der Waals surface area contributed by atoms with Gasteiger partial charge in [-0.2, -0.15) is 0 Å². The first-order chi connectivity index (χ1) is 12.1. The normalized spacial score (nSPS) is 18.8. The van der Waals surface area contributed by atoms with Crippen molar-refractivity contribution < 1.29 is 9.18 Å². The Hall–Kier alpha value is -2.60. The van der Waals surface area contributed by atoms with Crippen molar-refractivity contribution in [2.75, 3.05) is 35.3 Å². The van der Waals surface area contributed by atoms with Crippen LogP contribution in [0.25, 0.3) is 0 Å². The fourth-order valence-electron chi connectivity index (χ4n) is 3.46. The predicted molar refractivity (Wildman–Crippen MR) is 97.5 cm³/mol. The van der Waals surface area contributed by atoms with Crippen LogP contribution in [0, 0.1) is 12.7 Å². The second-order valence-corrected chi connectivity index (χ2v) is 6.58. The number of hydrogen-bond donors (Lipinski definition) is 3. The van der Waals surface area contributed by atoms with Gasteiger partial charge in [-0.25, -0.2) is 4.39 Å². The molecule has 0 aromatic heterocycles. The van der Waals surface area contributed by atoms with Crippen LogP contribution in [0.15, 0.2) is 36.4 Å². The number of carbonyl (C=O) groups excluding carboxylic acids is 1. The van der Waals surface area contributed by atoms with Gasteiger partial charge in [0.1, 0.15) is 11.9 Å². The molecule has 1 fully saturated rings. The zero-order chi connectivity index (χ0) is 17.4. The number of amides is 1. The van der Waals surface area contributed by atoms with Gasteiger partial charge in [-0.1, -0.05) is 12.1 Å². The van der Waals surface area contributed by atoms with Gasteiger partial charge in [-0.3, -0.25) is 10.1 Å². The summed E-state index contributed by atoms with van der Waals surface area (Å²) in [6.45, 7) is 4.65. The molecule has 0 saturated carbocycles. The molecule has 2 heterocycles. The summed E-state index contributed by atoms with van der Waals surface area (Å²) < 4.78 is 14.0. The van der Waals surface area contributed by atoms with Crippen LogP contribution in [0.3, 0.4) is 0 Å². The molecular weight excluding hydrogens is 319 g/mol. The molecule has 3 N–H and O–H groups in total. The molecule has 1 amide bonds. The lowest BCUT2D eigenvalue weighted by Gasteiger charge is -2.18. The van der Waals surface area contributed by atoms with Crippen LogP contribution < -0.4 is 20.9 Å². The molecule has 6 heteroatoms. The van der Waals surface area contributed by atoms with Crippen LogP contribution in [-0.4, -0.2) is 31.7 Å². The van der Waals surface area contributed by atoms with Crippen molar-refractivity contribution >= 4 is 23.0 Å². The molecule has 1 saturated heterocycles. The first-order valence-electron chi connectivity index (χ1n) is 8.53. The summed E-state index contributed by atoms with van der Waals surface area (Å²) in [5, 5.41) is 9.40. The van der Waals surface area contributed by atoms with Crippen LogP contribution in [0.5, 0.6) is 0 Å². The van der Waals surface area contributed by atoms with Crippen molar-refractivity contribution in [3.8, 4) is 0 Å². The minimum atomic E-state index is -0.456. The lowest BCUT2D eigenvalue weighted by atomic mass is 10.1. The van der Waals surface area contributed by atoms with Gasteiger partial charge < -0.3 is 15.5 Å². The number of fused-ring (bicyclic) bond motifs is 1. The highest BCUT2D eigenvalue weighted by molar-refractivity contribution is 5.98. The molecule has 4 rings (SSSR count). The van der Waals surface area contributed by atoms with Gasteiger partial charge in [0.2, 0.25) is 5.91 Å². The molecule has 0 bridgehead atoms. The van der Waals surface area contributed by atoms with Crippen LogP contribution >= 0.6 is 0 Å². The molecule has 2 aliphatic rings. The summed E-state index contributed by atoms with van der Waals surface area (Å²) in [5.74, 6) is -0.404. The van der Waals surface area contributed by atoms with Crippen LogP contribution in [0.1, 0.15) is 11.1 Å². The number of hydrogen-bond acceptors (Lipinski definition) is 4. The van der Waals surface area contributed by atoms with Crippen LogP contribution in [-0.2, 0) is 11.2 Å². The van der Waals surface area contributed by atoms with Crippen molar-refractivity contribution in [2.24, 2.45) is 0 Å². The van der Waals surface area contributed by atoms with E-state index in [1.807, 2.05) is 31.2 Å². The minimum Gasteiger partial charge on any atom is -0.373 e. The molecule has 0 spiro atoms. The van der Waals surface area contributed by atoms with Crippen LogP contribution in [0.2, 0.25) is 0 Å². The maximum atomic E-state index is 14.0. The summed E-state index contributed by atoms with van der Waals surface area (Å²) in [4.78, 5) is 14.8. The van der Waals surface area contributed by atoms with E-state index in [1.54, 1.807) is 6.07 Å². The number of halogens is 1. The fourth-order valence-corrected chi connectivity index (χ4v) is 3.46. The van der Waals surface area contributed by atoms with Gasteiger partial charge in [0, 0.05) is 42.1 Å². The third-order valence-electron chi connectivity index (χ3n) is 4.85. The molecule has 0 radical (unpaired) electrons. The Balaban J connectivity index is 1.47. The second-order valence-electron chi connectivity index (χ2n) is 6.58. The van der Waals surface area contributed by atoms with Crippen LogP contribution in [0.4, 0.5) is 21.5 Å². The number of aryl methyl sites for hydroxylation is 1. The summed E-state index contributed by atoms with van der Waals surface area (Å²) in [7, 11) is 0. The molecule has 130 valence electrons. The largest absolute Gasteiger partial charge is 0.373 e. The standard InChI is InChI=1S/C19H21FN4O/c1-12-5-6-16(20)15-10-17(23-18(12)15)19(25)22-13-3-2-4-14(9-13)24-8-7-21-11-24/h2-6,9,17,21,23H,7-8,10-11H2,1H3,(H,22,25). The summed E-state index contributed by atoms with van der Waals surface area (Å²) in [6, 6.07) is 10.5. The molecule has 1 atom stereocenters. The Morgan fingerprint density at radius 2 is 2.20 bits per heavy atom. The third kappa shape index (κ3) is 3.05. The van der Waals surface area contributed by atoms with Crippen molar-refractivity contribution in [1.29, 1.82) is 0 Å². The number of benzene rings is 2. The topological polar surface area (TPSA) is 56.4 Å². The van der Waals surface area contributed by atoms with Gasteiger partial charge in [-0.05, 0) is 36.8 Å². The quantitative estimate of drug-likeness (QED) is 0.803. The van der Waals surface area contributed by atoms with Crippen molar-refractivity contribution in [3.05, 3.63) is 53.3 Å². The maximum Gasteiger partial charge on any atom is 0.247 e. The number of anilines is 3. The van der Waals surface area contributed by atoms with E-state index in [4.69, 9.17) is 0 Å². The third-order valence-corrected chi connectivity index (χ3v) is 4.85.